The van der Waals surface area contributed by atoms with Gasteiger partial charge >= 0.3 is 0 Å². The number of benzene rings is 1. The molecule has 1 heterocycles. The Kier molecular flexibility index (Phi) is 7.12. The third kappa shape index (κ3) is 5.32. The number of hydrogen-bond donors (Lipinski definition) is 3. The van der Waals surface area contributed by atoms with E-state index in [4.69, 9.17) is 14.9 Å². The minimum Gasteiger partial charge on any atom is -0.497 e. The van der Waals surface area contributed by atoms with Crippen molar-refractivity contribution in [3.05, 3.63) is 66.0 Å². The van der Waals surface area contributed by atoms with E-state index in [2.05, 4.69) is 22.7 Å². The van der Waals surface area contributed by atoms with Crippen LogP contribution in [0.1, 0.15) is 45.6 Å². The molecule has 1 amide bonds. The molecule has 0 bridgehead atoms. The highest BCUT2D eigenvalue weighted by molar-refractivity contribution is 5.92. The number of rotatable bonds is 9. The SMILES string of the molecule is CCOC1(C)C=C(N=CNN2C=CCC(C)(c3ccc(OC)cc3)C2=N)C=CC1C(=O)NC1CC1. The summed E-state index contributed by atoms with van der Waals surface area (Å²) in [6, 6.07) is 8.13. The topological polar surface area (TPSA) is 99.0 Å². The van der Waals surface area contributed by atoms with Crippen molar-refractivity contribution in [2.75, 3.05) is 13.7 Å². The van der Waals surface area contributed by atoms with Gasteiger partial charge in [-0.1, -0.05) is 24.3 Å². The van der Waals surface area contributed by atoms with Crippen LogP contribution in [0.4, 0.5) is 0 Å². The average Bonchev–Trinajstić information content (AvgIpc) is 3.66. The predicted octanol–water partition coefficient (Wildman–Crippen LogP) is 3.83. The van der Waals surface area contributed by atoms with Crippen molar-refractivity contribution in [3.8, 4) is 5.75 Å². The Balaban J connectivity index is 1.44. The molecule has 4 rings (SSSR count). The minimum absolute atomic E-state index is 0.0122. The maximum Gasteiger partial charge on any atom is 0.230 e. The van der Waals surface area contributed by atoms with Crippen LogP contribution in [0.25, 0.3) is 0 Å². The number of hydrazine groups is 1. The van der Waals surface area contributed by atoms with Crippen molar-refractivity contribution in [2.24, 2.45) is 10.9 Å². The Bertz CT molecular complexity index is 1070. The highest BCUT2D eigenvalue weighted by atomic mass is 16.5. The van der Waals surface area contributed by atoms with Crippen molar-refractivity contribution in [3.63, 3.8) is 0 Å². The van der Waals surface area contributed by atoms with Crippen LogP contribution < -0.4 is 15.5 Å². The van der Waals surface area contributed by atoms with E-state index in [1.807, 2.05) is 68.6 Å². The molecule has 186 valence electrons. The van der Waals surface area contributed by atoms with Crippen LogP contribution in [0.5, 0.6) is 5.75 Å². The number of hydrogen-bond acceptors (Lipinski definition) is 5. The standard InChI is InChI=1S/C27H35N5O3/c1-5-35-27(3)17-21(11-14-23(27)24(33)31-20-9-10-20)29-18-30-32-16-6-15-26(2,25(32)28)19-7-12-22(34-4)13-8-19/h6-8,11-14,16-18,20,23,28H,5,9-10,15H2,1-4H3,(H,29,30)(H,31,33). The molecule has 1 fully saturated rings. The average molecular weight is 478 g/mol. The summed E-state index contributed by atoms with van der Waals surface area (Å²) in [6.07, 6.45) is 13.9. The molecule has 3 unspecified atom stereocenters. The van der Waals surface area contributed by atoms with Gasteiger partial charge in [0.05, 0.1) is 24.1 Å². The maximum absolute atomic E-state index is 12.7. The molecule has 3 atom stereocenters. The zero-order valence-electron chi connectivity index (χ0n) is 20.9. The first-order chi connectivity index (χ1) is 16.8. The molecule has 8 nitrogen and oxygen atoms in total. The van der Waals surface area contributed by atoms with Crippen LogP contribution in [0.3, 0.4) is 0 Å². The lowest BCUT2D eigenvalue weighted by atomic mass is 9.77. The normalized spacial score (nSPS) is 28.2. The first kappa shape index (κ1) is 24.7. The zero-order valence-corrected chi connectivity index (χ0v) is 20.9. The molecule has 1 saturated carbocycles. The molecule has 1 aromatic carbocycles. The number of amidine groups is 1. The summed E-state index contributed by atoms with van der Waals surface area (Å²) in [7, 11) is 1.64. The number of amides is 1. The number of carbonyl (C=O) groups is 1. The Morgan fingerprint density at radius 1 is 1.29 bits per heavy atom. The van der Waals surface area contributed by atoms with Crippen LogP contribution in [0.2, 0.25) is 0 Å². The number of aliphatic imine (C=N–C) groups is 1. The fraction of sp³-hybridized carbons (Fsp3) is 0.444. The Morgan fingerprint density at radius 2 is 2.03 bits per heavy atom. The molecular formula is C27H35N5O3. The number of nitrogens with one attached hydrogen (secondary N) is 3. The Morgan fingerprint density at radius 3 is 2.69 bits per heavy atom. The quantitative estimate of drug-likeness (QED) is 0.371. The lowest BCUT2D eigenvalue weighted by molar-refractivity contribution is -0.131. The molecule has 0 saturated heterocycles. The second kappa shape index (κ2) is 10.1. The smallest absolute Gasteiger partial charge is 0.230 e. The van der Waals surface area contributed by atoms with Crippen molar-refractivity contribution in [1.29, 1.82) is 5.41 Å². The second-order valence-corrected chi connectivity index (χ2v) is 9.56. The number of nitrogens with zero attached hydrogens (tertiary/aromatic N) is 2. The molecule has 3 aliphatic rings. The highest BCUT2D eigenvalue weighted by Crippen LogP contribution is 2.35. The van der Waals surface area contributed by atoms with E-state index in [0.29, 0.717) is 24.2 Å². The van der Waals surface area contributed by atoms with Gasteiger partial charge in [0.15, 0.2) is 0 Å². The summed E-state index contributed by atoms with van der Waals surface area (Å²) in [5.74, 6) is 0.790. The number of carbonyl (C=O) groups excluding carboxylic acids is 1. The summed E-state index contributed by atoms with van der Waals surface area (Å²) in [6.45, 7) is 6.39. The van der Waals surface area contributed by atoms with E-state index in [1.165, 1.54) is 0 Å². The molecule has 0 spiro atoms. The van der Waals surface area contributed by atoms with Gasteiger partial charge in [-0.15, -0.1) is 0 Å². The lowest BCUT2D eigenvalue weighted by Gasteiger charge is -2.38. The van der Waals surface area contributed by atoms with Crippen molar-refractivity contribution in [1.82, 2.24) is 15.8 Å². The summed E-state index contributed by atoms with van der Waals surface area (Å²) in [5.41, 5.74) is 3.57. The molecule has 2 aliphatic carbocycles. The molecule has 3 N–H and O–H groups in total. The first-order valence-electron chi connectivity index (χ1n) is 12.1. The van der Waals surface area contributed by atoms with Gasteiger partial charge in [0.1, 0.15) is 23.5 Å². The molecule has 1 aliphatic heterocycles. The van der Waals surface area contributed by atoms with Crippen molar-refractivity contribution in [2.45, 2.75) is 57.1 Å². The minimum atomic E-state index is -0.778. The fourth-order valence-electron chi connectivity index (χ4n) is 4.52. The number of ether oxygens (including phenoxy) is 2. The Labute approximate surface area is 207 Å². The maximum atomic E-state index is 12.7. The van der Waals surface area contributed by atoms with Gasteiger partial charge in [-0.2, -0.15) is 0 Å². The summed E-state index contributed by atoms with van der Waals surface area (Å²) in [5, 5.41) is 13.6. The molecular weight excluding hydrogens is 442 g/mol. The van der Waals surface area contributed by atoms with Gasteiger partial charge in [-0.05, 0) is 69.9 Å². The van der Waals surface area contributed by atoms with E-state index < -0.39 is 16.9 Å². The van der Waals surface area contributed by atoms with Crippen LogP contribution in [0, 0.1) is 11.3 Å². The Hall–Kier alpha value is -3.39. The van der Waals surface area contributed by atoms with Gasteiger partial charge in [0, 0.05) is 18.8 Å². The molecule has 0 aromatic heterocycles. The van der Waals surface area contributed by atoms with Gasteiger partial charge in [0.2, 0.25) is 5.91 Å². The van der Waals surface area contributed by atoms with Gasteiger partial charge in [-0.3, -0.25) is 15.6 Å². The summed E-state index contributed by atoms with van der Waals surface area (Å²) >= 11 is 0. The number of allylic oxidation sites excluding steroid dienone is 2. The lowest BCUT2D eigenvalue weighted by Crippen LogP contribution is -2.50. The van der Waals surface area contributed by atoms with E-state index in [9.17, 15) is 4.79 Å². The van der Waals surface area contributed by atoms with E-state index in [0.717, 1.165) is 30.6 Å². The van der Waals surface area contributed by atoms with Gasteiger partial charge in [-0.25, -0.2) is 10.0 Å². The molecule has 35 heavy (non-hydrogen) atoms. The van der Waals surface area contributed by atoms with E-state index in [-0.39, 0.29) is 5.91 Å². The van der Waals surface area contributed by atoms with Crippen LogP contribution in [-0.2, 0) is 14.9 Å². The third-order valence-electron chi connectivity index (χ3n) is 6.85. The molecule has 0 radical (unpaired) electrons. The van der Waals surface area contributed by atoms with Crippen LogP contribution in [0.15, 0.2) is 65.5 Å². The largest absolute Gasteiger partial charge is 0.497 e. The van der Waals surface area contributed by atoms with E-state index >= 15 is 0 Å². The zero-order chi connectivity index (χ0) is 25.1. The molecule has 1 aromatic rings. The highest BCUT2D eigenvalue weighted by Gasteiger charge is 2.40. The van der Waals surface area contributed by atoms with Gasteiger partial charge in [0.25, 0.3) is 0 Å². The number of methoxy groups -OCH3 is 1. The fourth-order valence-corrected chi connectivity index (χ4v) is 4.52. The van der Waals surface area contributed by atoms with Crippen molar-refractivity contribution < 1.29 is 14.3 Å². The van der Waals surface area contributed by atoms with Crippen LogP contribution in [-0.4, -0.2) is 48.4 Å². The second-order valence-electron chi connectivity index (χ2n) is 9.56. The predicted molar refractivity (Wildman–Crippen MR) is 137 cm³/mol. The summed E-state index contributed by atoms with van der Waals surface area (Å²) in [4.78, 5) is 17.3. The van der Waals surface area contributed by atoms with Gasteiger partial charge < -0.3 is 14.8 Å². The van der Waals surface area contributed by atoms with Crippen molar-refractivity contribution >= 4 is 18.1 Å². The first-order valence-corrected chi connectivity index (χ1v) is 12.1. The molecule has 8 heteroatoms. The summed E-state index contributed by atoms with van der Waals surface area (Å²) < 4.78 is 11.3. The van der Waals surface area contributed by atoms with Crippen LogP contribution >= 0.6 is 0 Å². The monoisotopic (exact) mass is 477 g/mol. The van der Waals surface area contributed by atoms with E-state index in [1.54, 1.807) is 18.5 Å². The third-order valence-corrected chi connectivity index (χ3v) is 6.85.